The van der Waals surface area contributed by atoms with Crippen LogP contribution in [0.3, 0.4) is 0 Å². The Morgan fingerprint density at radius 3 is 2.73 bits per heavy atom. The first-order valence-corrected chi connectivity index (χ1v) is 7.58. The van der Waals surface area contributed by atoms with E-state index in [2.05, 4.69) is 0 Å². The van der Waals surface area contributed by atoms with E-state index in [1.807, 2.05) is 17.5 Å². The van der Waals surface area contributed by atoms with Gasteiger partial charge in [-0.3, -0.25) is 4.79 Å². The van der Waals surface area contributed by atoms with Crippen LogP contribution in [-0.2, 0) is 16.1 Å². The van der Waals surface area contributed by atoms with Crippen molar-refractivity contribution in [1.82, 2.24) is 4.90 Å². The third kappa shape index (κ3) is 4.08. The van der Waals surface area contributed by atoms with Crippen LogP contribution in [-0.4, -0.2) is 35.5 Å². The monoisotopic (exact) mass is 319 g/mol. The number of thiophene rings is 1. The van der Waals surface area contributed by atoms with Crippen LogP contribution in [0.15, 0.2) is 35.7 Å². The van der Waals surface area contributed by atoms with Crippen LogP contribution in [0.1, 0.15) is 20.8 Å². The van der Waals surface area contributed by atoms with Gasteiger partial charge in [0.25, 0.3) is 5.91 Å². The maximum Gasteiger partial charge on any atom is 0.342 e. The Bertz CT molecular complexity index is 667. The zero-order chi connectivity index (χ0) is 16.1. The highest BCUT2D eigenvalue weighted by Crippen LogP contribution is 2.19. The van der Waals surface area contributed by atoms with Crippen LogP contribution >= 0.6 is 11.3 Å². The normalized spacial score (nSPS) is 10.3. The summed E-state index contributed by atoms with van der Waals surface area (Å²) in [7, 11) is 1.65. The van der Waals surface area contributed by atoms with Crippen molar-refractivity contribution < 1.29 is 19.4 Å². The number of likely N-dealkylation sites (N-methyl/N-ethyl adjacent to an activating group) is 1. The van der Waals surface area contributed by atoms with Gasteiger partial charge < -0.3 is 14.7 Å². The Labute approximate surface area is 132 Å². The molecule has 0 aliphatic heterocycles. The summed E-state index contributed by atoms with van der Waals surface area (Å²) in [5.74, 6) is -1.16. The smallest absolute Gasteiger partial charge is 0.342 e. The lowest BCUT2D eigenvalue weighted by atomic mass is 10.1. The summed E-state index contributed by atoms with van der Waals surface area (Å²) < 4.78 is 4.96. The van der Waals surface area contributed by atoms with E-state index in [1.54, 1.807) is 31.4 Å². The third-order valence-corrected chi connectivity index (χ3v) is 3.96. The molecule has 0 atom stereocenters. The van der Waals surface area contributed by atoms with Crippen molar-refractivity contribution in [2.75, 3.05) is 13.7 Å². The lowest BCUT2D eigenvalue weighted by molar-refractivity contribution is -0.133. The van der Waals surface area contributed by atoms with Crippen LogP contribution < -0.4 is 0 Å². The molecule has 1 aromatic carbocycles. The van der Waals surface area contributed by atoms with Crippen molar-refractivity contribution in [3.8, 4) is 5.75 Å². The lowest BCUT2D eigenvalue weighted by Gasteiger charge is -2.16. The molecule has 1 heterocycles. The number of aromatic hydroxyl groups is 1. The maximum atomic E-state index is 11.9. The van der Waals surface area contributed by atoms with E-state index in [9.17, 15) is 14.7 Å². The molecule has 0 radical (unpaired) electrons. The lowest BCUT2D eigenvalue weighted by Crippen LogP contribution is -2.30. The topological polar surface area (TPSA) is 66.8 Å². The molecule has 6 heteroatoms. The Kier molecular flexibility index (Phi) is 5.16. The predicted octanol–water partition coefficient (Wildman–Crippen LogP) is 2.58. The highest BCUT2D eigenvalue weighted by molar-refractivity contribution is 7.09. The van der Waals surface area contributed by atoms with Crippen molar-refractivity contribution in [2.45, 2.75) is 13.5 Å². The fourth-order valence-electron chi connectivity index (χ4n) is 1.85. The van der Waals surface area contributed by atoms with E-state index < -0.39 is 5.97 Å². The van der Waals surface area contributed by atoms with Crippen molar-refractivity contribution in [3.63, 3.8) is 0 Å². The van der Waals surface area contributed by atoms with E-state index in [-0.39, 0.29) is 23.8 Å². The third-order valence-electron chi connectivity index (χ3n) is 3.10. The molecular formula is C16H17NO4S. The van der Waals surface area contributed by atoms with Gasteiger partial charge in [-0.15, -0.1) is 11.3 Å². The molecule has 0 fully saturated rings. The molecule has 0 unspecified atom stereocenters. The van der Waals surface area contributed by atoms with Gasteiger partial charge in [0.2, 0.25) is 0 Å². The van der Waals surface area contributed by atoms with Crippen molar-refractivity contribution in [2.24, 2.45) is 0 Å². The Morgan fingerprint density at radius 1 is 1.32 bits per heavy atom. The van der Waals surface area contributed by atoms with Crippen molar-refractivity contribution in [1.29, 1.82) is 0 Å². The number of aryl methyl sites for hydroxylation is 1. The minimum atomic E-state index is -0.713. The molecule has 1 aromatic heterocycles. The van der Waals surface area contributed by atoms with Gasteiger partial charge in [-0.1, -0.05) is 12.1 Å². The van der Waals surface area contributed by atoms with Gasteiger partial charge in [0, 0.05) is 11.9 Å². The Morgan fingerprint density at radius 2 is 2.09 bits per heavy atom. The summed E-state index contributed by atoms with van der Waals surface area (Å²) in [5.41, 5.74) is 0.889. The molecule has 0 saturated carbocycles. The zero-order valence-electron chi connectivity index (χ0n) is 12.4. The fourth-order valence-corrected chi connectivity index (χ4v) is 2.61. The SMILES string of the molecule is Cc1ccc(C(=O)OCC(=O)N(C)Cc2cccs2)c(O)c1. The molecule has 0 spiro atoms. The number of hydrogen-bond donors (Lipinski definition) is 1. The quantitative estimate of drug-likeness (QED) is 0.860. The number of phenolic OH excluding ortho intramolecular Hbond substituents is 1. The van der Waals surface area contributed by atoms with E-state index in [4.69, 9.17) is 4.74 Å². The van der Waals surface area contributed by atoms with Gasteiger partial charge in [-0.2, -0.15) is 0 Å². The molecule has 2 aromatic rings. The number of carbonyl (C=O) groups excluding carboxylic acids is 2. The molecule has 5 nitrogen and oxygen atoms in total. The molecular weight excluding hydrogens is 302 g/mol. The van der Waals surface area contributed by atoms with Crippen molar-refractivity contribution >= 4 is 23.2 Å². The molecule has 0 bridgehead atoms. The van der Waals surface area contributed by atoms with E-state index in [0.717, 1.165) is 10.4 Å². The number of ether oxygens (including phenoxy) is 1. The minimum absolute atomic E-state index is 0.0549. The average Bonchev–Trinajstić information content (AvgIpc) is 2.97. The number of benzene rings is 1. The second-order valence-corrected chi connectivity index (χ2v) is 5.96. The van der Waals surface area contributed by atoms with Crippen LogP contribution in [0.4, 0.5) is 0 Å². The van der Waals surface area contributed by atoms with Gasteiger partial charge in [-0.25, -0.2) is 4.79 Å². The van der Waals surface area contributed by atoms with Gasteiger partial charge in [0.15, 0.2) is 6.61 Å². The summed E-state index contributed by atoms with van der Waals surface area (Å²) in [4.78, 5) is 26.4. The Hall–Kier alpha value is -2.34. The van der Waals surface area contributed by atoms with Crippen LogP contribution in [0.2, 0.25) is 0 Å². The first-order chi connectivity index (χ1) is 10.5. The number of carbonyl (C=O) groups is 2. The number of amides is 1. The highest BCUT2D eigenvalue weighted by Gasteiger charge is 2.16. The molecule has 0 aliphatic rings. The molecule has 0 saturated heterocycles. The van der Waals surface area contributed by atoms with Gasteiger partial charge >= 0.3 is 5.97 Å². The highest BCUT2D eigenvalue weighted by atomic mass is 32.1. The molecule has 0 aliphatic carbocycles. The summed E-state index contributed by atoms with van der Waals surface area (Å²) >= 11 is 1.56. The molecule has 1 amide bonds. The van der Waals surface area contributed by atoms with Crippen molar-refractivity contribution in [3.05, 3.63) is 51.7 Å². The maximum absolute atomic E-state index is 11.9. The number of phenols is 1. The zero-order valence-corrected chi connectivity index (χ0v) is 13.2. The number of hydrogen-bond acceptors (Lipinski definition) is 5. The second-order valence-electron chi connectivity index (χ2n) is 4.93. The summed E-state index contributed by atoms with van der Waals surface area (Å²) in [6.45, 7) is 1.93. The largest absolute Gasteiger partial charge is 0.507 e. The number of nitrogens with zero attached hydrogens (tertiary/aromatic N) is 1. The standard InChI is InChI=1S/C16H17NO4S/c1-11-5-6-13(14(18)8-11)16(20)21-10-15(19)17(2)9-12-4-3-7-22-12/h3-8,18H,9-10H2,1-2H3. The van der Waals surface area contributed by atoms with Gasteiger partial charge in [-0.05, 0) is 36.1 Å². The summed E-state index contributed by atoms with van der Waals surface area (Å²) in [6.07, 6.45) is 0. The van der Waals surface area contributed by atoms with Crippen LogP contribution in [0.25, 0.3) is 0 Å². The molecule has 2 rings (SSSR count). The molecule has 1 N–H and O–H groups in total. The first kappa shape index (κ1) is 16.0. The first-order valence-electron chi connectivity index (χ1n) is 6.70. The molecule has 116 valence electrons. The predicted molar refractivity (Wildman–Crippen MR) is 83.9 cm³/mol. The molecule has 22 heavy (non-hydrogen) atoms. The van der Waals surface area contributed by atoms with E-state index in [1.165, 1.54) is 17.0 Å². The van der Waals surface area contributed by atoms with E-state index >= 15 is 0 Å². The average molecular weight is 319 g/mol. The number of esters is 1. The van der Waals surface area contributed by atoms with Crippen LogP contribution in [0, 0.1) is 6.92 Å². The van der Waals surface area contributed by atoms with E-state index in [0.29, 0.717) is 6.54 Å². The summed E-state index contributed by atoms with van der Waals surface area (Å²) in [6, 6.07) is 8.50. The summed E-state index contributed by atoms with van der Waals surface area (Å²) in [5, 5.41) is 11.7. The van der Waals surface area contributed by atoms with Crippen LogP contribution in [0.5, 0.6) is 5.75 Å². The van der Waals surface area contributed by atoms with Gasteiger partial charge in [0.05, 0.1) is 6.54 Å². The second kappa shape index (κ2) is 7.09. The Balaban J connectivity index is 1.88. The fraction of sp³-hybridized carbons (Fsp3) is 0.250. The number of rotatable bonds is 5. The minimum Gasteiger partial charge on any atom is -0.507 e. The van der Waals surface area contributed by atoms with Gasteiger partial charge in [0.1, 0.15) is 11.3 Å².